The van der Waals surface area contributed by atoms with Gasteiger partial charge in [-0.05, 0) is 68.1 Å². The van der Waals surface area contributed by atoms with Crippen molar-refractivity contribution in [2.75, 3.05) is 13.7 Å². The maximum absolute atomic E-state index is 14.4. The number of carboxylic acids is 1. The Bertz CT molecular complexity index is 2040. The molecule has 8 atom stereocenters. The van der Waals surface area contributed by atoms with Gasteiger partial charge in [-0.1, -0.05) is 38.1 Å². The van der Waals surface area contributed by atoms with E-state index in [4.69, 9.17) is 35.8 Å². The fourth-order valence-electron chi connectivity index (χ4n) is 7.74. The third-order valence-corrected chi connectivity index (χ3v) is 12.3. The number of alkyl carbamates (subject to hydrolysis) is 1. The van der Waals surface area contributed by atoms with Crippen LogP contribution in [0.5, 0.6) is 11.5 Å². The number of likely N-dealkylation sites (tertiary alicyclic amines) is 1. The molecule has 3 aliphatic carbocycles. The van der Waals surface area contributed by atoms with Gasteiger partial charge in [-0.3, -0.25) is 9.59 Å². The largest absolute Gasteiger partial charge is 0.495 e. The second-order valence-electron chi connectivity index (χ2n) is 15.2. The standard InChI is InChI=1S/C39H44ClN5O8S/c1-7-22-15-39(22,37(48)49)44-34(46)28-13-24(16-45(28)36(47)32(19(4)5)43-38(50)53-23-11-20-10-21(20)12-23)52-30-14-26(35-42-27(17-54-35)18(2)3)41-33-25(30)8-9-29(51-6)31(33)40/h7-9,14,17-18,20-24,28,32H,1,4,10-13,15-16H2,2-3,5-6H3,(H,43,50)(H,44,46)(H,48,49)/t20-,21+,22-,23?,24-,28+,32+,39-/m1/s1. The molecule has 3 amide bonds. The van der Waals surface area contributed by atoms with Crippen LogP contribution in [0.15, 0.2) is 48.4 Å². The molecule has 0 radical (unpaired) electrons. The van der Waals surface area contributed by atoms with Gasteiger partial charge in [-0.25, -0.2) is 19.6 Å². The maximum Gasteiger partial charge on any atom is 0.408 e. The van der Waals surface area contributed by atoms with Crippen molar-refractivity contribution in [3.63, 3.8) is 0 Å². The van der Waals surface area contributed by atoms with Gasteiger partial charge in [0.25, 0.3) is 0 Å². The van der Waals surface area contributed by atoms with Crippen molar-refractivity contribution in [3.8, 4) is 22.2 Å². The number of hydrogen-bond donors (Lipinski definition) is 3. The molecule has 4 fully saturated rings. The molecule has 0 bridgehead atoms. The van der Waals surface area contributed by atoms with Crippen LogP contribution in [0.3, 0.4) is 0 Å². The zero-order valence-electron chi connectivity index (χ0n) is 30.6. The summed E-state index contributed by atoms with van der Waals surface area (Å²) in [5, 5.41) is 18.9. The van der Waals surface area contributed by atoms with Crippen LogP contribution in [0.4, 0.5) is 4.79 Å². The predicted molar refractivity (Wildman–Crippen MR) is 203 cm³/mol. The molecule has 4 aliphatic rings. The van der Waals surface area contributed by atoms with Crippen LogP contribution in [-0.4, -0.2) is 87.3 Å². The number of nitrogens with zero attached hydrogens (tertiary/aromatic N) is 3. The van der Waals surface area contributed by atoms with E-state index in [1.54, 1.807) is 25.1 Å². The molecule has 15 heteroatoms. The molecule has 286 valence electrons. The highest BCUT2D eigenvalue weighted by Crippen LogP contribution is 2.52. The number of benzene rings is 1. The van der Waals surface area contributed by atoms with Gasteiger partial charge in [-0.2, -0.15) is 0 Å². The van der Waals surface area contributed by atoms with E-state index in [-0.39, 0.29) is 36.4 Å². The average molecular weight is 778 g/mol. The summed E-state index contributed by atoms with van der Waals surface area (Å²) in [7, 11) is 1.51. The molecular formula is C39H44ClN5O8S. The van der Waals surface area contributed by atoms with Gasteiger partial charge in [0.15, 0.2) is 0 Å². The summed E-state index contributed by atoms with van der Waals surface area (Å²) in [4.78, 5) is 64.7. The van der Waals surface area contributed by atoms with E-state index < -0.39 is 53.5 Å². The van der Waals surface area contributed by atoms with Crippen molar-refractivity contribution >= 4 is 57.7 Å². The molecule has 3 heterocycles. The summed E-state index contributed by atoms with van der Waals surface area (Å²) >= 11 is 8.22. The van der Waals surface area contributed by atoms with Crippen molar-refractivity contribution in [2.45, 2.75) is 88.6 Å². The molecule has 13 nitrogen and oxygen atoms in total. The number of rotatable bonds is 13. The molecule has 1 aromatic carbocycles. The fourth-order valence-corrected chi connectivity index (χ4v) is 8.96. The Morgan fingerprint density at radius 1 is 1.11 bits per heavy atom. The summed E-state index contributed by atoms with van der Waals surface area (Å²) in [5.74, 6) is -0.726. The quantitative estimate of drug-likeness (QED) is 0.172. The van der Waals surface area contributed by atoms with Crippen LogP contribution in [0.1, 0.15) is 64.5 Å². The normalized spacial score (nSPS) is 27.2. The number of amides is 3. The second kappa shape index (κ2) is 14.5. The number of fused-ring (bicyclic) bond motifs is 2. The van der Waals surface area contributed by atoms with Crippen LogP contribution < -0.4 is 20.1 Å². The highest BCUT2D eigenvalue weighted by molar-refractivity contribution is 7.13. The molecule has 3 saturated carbocycles. The first kappa shape index (κ1) is 37.6. The third kappa shape index (κ3) is 7.13. The monoisotopic (exact) mass is 777 g/mol. The fraction of sp³-hybridized carbons (Fsp3) is 0.487. The van der Waals surface area contributed by atoms with E-state index in [0.717, 1.165) is 25.0 Å². The minimum atomic E-state index is -1.53. The van der Waals surface area contributed by atoms with Crippen molar-refractivity contribution in [3.05, 3.63) is 59.1 Å². The van der Waals surface area contributed by atoms with E-state index in [1.807, 2.05) is 5.38 Å². The smallest absolute Gasteiger partial charge is 0.408 e. The number of aliphatic carboxylic acids is 1. The van der Waals surface area contributed by atoms with Gasteiger partial charge in [0.05, 0.1) is 24.9 Å². The van der Waals surface area contributed by atoms with Crippen LogP contribution in [0, 0.1) is 17.8 Å². The topological polar surface area (TPSA) is 169 Å². The summed E-state index contributed by atoms with van der Waals surface area (Å²) in [6.45, 7) is 13.3. The molecule has 2 aromatic heterocycles. The lowest BCUT2D eigenvalue weighted by Crippen LogP contribution is -2.56. The summed E-state index contributed by atoms with van der Waals surface area (Å²) in [6, 6.07) is 2.88. The van der Waals surface area contributed by atoms with Gasteiger partial charge in [-0.15, -0.1) is 17.9 Å². The number of thiazole rings is 1. The van der Waals surface area contributed by atoms with E-state index in [1.165, 1.54) is 29.4 Å². The molecule has 0 spiro atoms. The number of hydrogen-bond acceptors (Lipinski definition) is 10. The molecule has 7 rings (SSSR count). The Morgan fingerprint density at radius 3 is 2.46 bits per heavy atom. The van der Waals surface area contributed by atoms with Crippen LogP contribution in [0.2, 0.25) is 5.02 Å². The minimum Gasteiger partial charge on any atom is -0.495 e. The Kier molecular flexibility index (Phi) is 10.1. The van der Waals surface area contributed by atoms with E-state index in [0.29, 0.717) is 50.5 Å². The first-order chi connectivity index (χ1) is 25.7. The van der Waals surface area contributed by atoms with Crippen molar-refractivity contribution in [1.82, 2.24) is 25.5 Å². The lowest BCUT2D eigenvalue weighted by molar-refractivity contribution is -0.145. The van der Waals surface area contributed by atoms with Gasteiger partial charge in [0.1, 0.15) is 57.1 Å². The zero-order chi connectivity index (χ0) is 38.6. The van der Waals surface area contributed by atoms with Crippen molar-refractivity contribution in [2.24, 2.45) is 17.8 Å². The number of carbonyl (C=O) groups is 4. The number of pyridine rings is 1. The van der Waals surface area contributed by atoms with E-state index >= 15 is 0 Å². The van der Waals surface area contributed by atoms with Gasteiger partial charge in [0.2, 0.25) is 11.8 Å². The average Bonchev–Trinajstić information content (AvgIpc) is 3.77. The van der Waals surface area contributed by atoms with Crippen molar-refractivity contribution < 1.29 is 38.5 Å². The number of halogens is 1. The number of methoxy groups -OCH3 is 1. The molecule has 1 unspecified atom stereocenters. The lowest BCUT2D eigenvalue weighted by atomic mass is 10.1. The van der Waals surface area contributed by atoms with Crippen molar-refractivity contribution in [1.29, 1.82) is 0 Å². The summed E-state index contributed by atoms with van der Waals surface area (Å²) < 4.78 is 17.8. The molecule has 3 N–H and O–H groups in total. The number of carbonyl (C=O) groups excluding carboxylic acids is 3. The second-order valence-corrected chi connectivity index (χ2v) is 16.4. The first-order valence-corrected chi connectivity index (χ1v) is 19.4. The number of ether oxygens (including phenoxy) is 3. The first-order valence-electron chi connectivity index (χ1n) is 18.1. The lowest BCUT2D eigenvalue weighted by Gasteiger charge is -2.29. The Balaban J connectivity index is 1.19. The summed E-state index contributed by atoms with van der Waals surface area (Å²) in [5.41, 5.74) is 0.652. The molecule has 3 aromatic rings. The maximum atomic E-state index is 14.4. The van der Waals surface area contributed by atoms with Crippen LogP contribution in [0.25, 0.3) is 21.6 Å². The molecular weight excluding hydrogens is 734 g/mol. The minimum absolute atomic E-state index is 0.0159. The number of nitrogens with one attached hydrogen (secondary N) is 2. The van der Waals surface area contributed by atoms with Crippen LogP contribution in [-0.2, 0) is 19.1 Å². The molecule has 1 saturated heterocycles. The molecule has 1 aliphatic heterocycles. The summed E-state index contributed by atoms with van der Waals surface area (Å²) in [6.07, 6.45) is 2.76. The van der Waals surface area contributed by atoms with Gasteiger partial charge in [0, 0.05) is 29.2 Å². The number of aromatic nitrogens is 2. The van der Waals surface area contributed by atoms with Gasteiger partial charge >= 0.3 is 12.1 Å². The highest BCUT2D eigenvalue weighted by Gasteiger charge is 2.61. The highest BCUT2D eigenvalue weighted by atomic mass is 35.5. The zero-order valence-corrected chi connectivity index (χ0v) is 32.2. The van der Waals surface area contributed by atoms with Gasteiger partial charge < -0.3 is 34.9 Å². The number of carboxylic acid groups (broad SMARTS) is 1. The third-order valence-electron chi connectivity index (χ3n) is 11.0. The van der Waals surface area contributed by atoms with E-state index in [2.05, 4.69) is 37.6 Å². The molecule has 54 heavy (non-hydrogen) atoms. The Labute approximate surface area is 322 Å². The SMILES string of the molecule is C=C[C@@H]1C[C@]1(NC(=O)[C@@H]1C[C@@H](Oc2cc(-c3nc(C(C)C)cs3)nc3c(Cl)c(OC)ccc23)CN1C(=O)[C@@H](NC(=O)OC1C[C@@H]2C[C@@H]2C1)C(=C)C)C(=O)O. The Morgan fingerprint density at radius 2 is 1.85 bits per heavy atom. The van der Waals surface area contributed by atoms with E-state index in [9.17, 15) is 24.3 Å². The predicted octanol–water partition coefficient (Wildman–Crippen LogP) is 6.11. The van der Waals surface area contributed by atoms with Crippen LogP contribution >= 0.6 is 22.9 Å². The Hall–Kier alpha value is -4.69.